The minimum absolute atomic E-state index is 0.0342. The molecule has 0 N–H and O–H groups in total. The Morgan fingerprint density at radius 3 is 2.11 bits per heavy atom. The van der Waals surface area contributed by atoms with Crippen LogP contribution in [0.15, 0.2) is 89.3 Å². The SMILES string of the molecule is CC(=O)O[C@H]1C(=O)[C@]2(C)[C@@H](OC(=O)/C=C/c3ccc(OC(=O)c4cccs4)cc3)C[C@H]3OC[C@@]3(OC(C)=O)[C@H]2[C@H](OC(=O)c2ccccc2)[C@]23OC(=O)O[C@H]2[C@H](OC(C)=O)C(C)=C1C3(C)C. The maximum atomic E-state index is 16.0. The van der Waals surface area contributed by atoms with Gasteiger partial charge in [0.1, 0.15) is 22.8 Å². The van der Waals surface area contributed by atoms with Gasteiger partial charge in [-0.3, -0.25) is 19.2 Å². The van der Waals surface area contributed by atoms with E-state index in [2.05, 4.69) is 0 Å². The van der Waals surface area contributed by atoms with Gasteiger partial charge in [-0.05, 0) is 72.3 Å². The fraction of sp³-hybridized carbons (Fsp3) is 0.417. The number of ether oxygens (including phenoxy) is 9. The number of hydrogen-bond acceptors (Lipinski definition) is 18. The molecule has 2 saturated heterocycles. The Hall–Kier alpha value is -6.66. The first-order valence-corrected chi connectivity index (χ1v) is 21.9. The Bertz CT molecular complexity index is 2560. The molecular weight excluding hydrogens is 881 g/mol. The summed E-state index contributed by atoms with van der Waals surface area (Å²) in [5.74, 6) is -7.22. The fourth-order valence-electron chi connectivity index (χ4n) is 10.6. The zero-order valence-electron chi connectivity index (χ0n) is 36.9. The van der Waals surface area contributed by atoms with E-state index in [0.29, 0.717) is 10.4 Å². The van der Waals surface area contributed by atoms with E-state index in [1.165, 1.54) is 55.5 Å². The second-order valence-corrected chi connectivity index (χ2v) is 18.5. The summed E-state index contributed by atoms with van der Waals surface area (Å²) in [7, 11) is 0. The zero-order valence-corrected chi connectivity index (χ0v) is 37.7. The molecule has 0 radical (unpaired) electrons. The highest BCUT2D eigenvalue weighted by Crippen LogP contribution is 2.67. The van der Waals surface area contributed by atoms with Crippen LogP contribution in [0.2, 0.25) is 0 Å². The molecule has 0 unspecified atom stereocenters. The third-order valence-electron chi connectivity index (χ3n) is 13.4. The van der Waals surface area contributed by atoms with E-state index < -0.39 is 112 Å². The van der Waals surface area contributed by atoms with Crippen molar-refractivity contribution in [3.8, 4) is 5.75 Å². The molecule has 346 valence electrons. The van der Waals surface area contributed by atoms with E-state index >= 15 is 4.79 Å². The molecule has 3 aromatic rings. The van der Waals surface area contributed by atoms with Gasteiger partial charge in [-0.1, -0.05) is 50.2 Å². The second kappa shape index (κ2) is 17.0. The van der Waals surface area contributed by atoms with Crippen LogP contribution in [-0.4, -0.2) is 102 Å². The van der Waals surface area contributed by atoms with Crippen molar-refractivity contribution >= 4 is 65.2 Å². The minimum Gasteiger partial charge on any atom is -0.458 e. The van der Waals surface area contributed by atoms with Gasteiger partial charge in [-0.25, -0.2) is 19.2 Å². The summed E-state index contributed by atoms with van der Waals surface area (Å²) in [5, 5.41) is 1.75. The van der Waals surface area contributed by atoms with Crippen molar-refractivity contribution in [1.82, 2.24) is 0 Å². The maximum Gasteiger partial charge on any atom is 0.509 e. The molecule has 1 aromatic heterocycles. The van der Waals surface area contributed by atoms with Crippen molar-refractivity contribution in [3.63, 3.8) is 0 Å². The van der Waals surface area contributed by atoms with Gasteiger partial charge in [0.25, 0.3) is 0 Å². The highest BCUT2D eigenvalue weighted by atomic mass is 32.1. The lowest BCUT2D eigenvalue weighted by Crippen LogP contribution is -2.83. The average molecular weight is 927 g/mol. The molecule has 0 amide bonds. The number of fused-ring (bicyclic) bond motifs is 4. The summed E-state index contributed by atoms with van der Waals surface area (Å²) in [6.45, 7) is 9.09. The van der Waals surface area contributed by atoms with Gasteiger partial charge in [0.05, 0.1) is 23.5 Å². The Balaban J connectivity index is 1.29. The Kier molecular flexibility index (Phi) is 11.8. The molecule has 1 spiro atoms. The summed E-state index contributed by atoms with van der Waals surface area (Å²) >= 11 is 1.23. The van der Waals surface area contributed by atoms with Gasteiger partial charge >= 0.3 is 42.0 Å². The van der Waals surface area contributed by atoms with E-state index in [1.807, 2.05) is 0 Å². The van der Waals surface area contributed by atoms with Crippen LogP contribution in [0, 0.1) is 16.7 Å². The quantitative estimate of drug-likeness (QED) is 0.0757. The van der Waals surface area contributed by atoms with Crippen molar-refractivity contribution < 1.29 is 81.0 Å². The van der Waals surface area contributed by atoms with Crippen LogP contribution in [0.1, 0.15) is 80.5 Å². The number of rotatable bonds is 10. The fourth-order valence-corrected chi connectivity index (χ4v) is 11.2. The van der Waals surface area contributed by atoms with Gasteiger partial charge in [-0.15, -0.1) is 11.3 Å². The number of benzene rings is 2. The molecule has 18 heteroatoms. The molecule has 3 heterocycles. The smallest absolute Gasteiger partial charge is 0.458 e. The van der Waals surface area contributed by atoms with Crippen molar-refractivity contribution in [2.75, 3.05) is 6.61 Å². The first-order chi connectivity index (χ1) is 31.2. The van der Waals surface area contributed by atoms with Crippen molar-refractivity contribution in [2.45, 2.75) is 103 Å². The van der Waals surface area contributed by atoms with Gasteiger partial charge in [-0.2, -0.15) is 0 Å². The summed E-state index contributed by atoms with van der Waals surface area (Å²) < 4.78 is 54.6. The predicted octanol–water partition coefficient (Wildman–Crippen LogP) is 5.92. The molecule has 17 nitrogen and oxygen atoms in total. The third-order valence-corrected chi connectivity index (χ3v) is 14.2. The molecular formula is C48H46O17S. The molecule has 3 aliphatic carbocycles. The Morgan fingerprint density at radius 1 is 0.803 bits per heavy atom. The highest BCUT2D eigenvalue weighted by Gasteiger charge is 2.83. The van der Waals surface area contributed by atoms with Crippen LogP contribution in [0.5, 0.6) is 5.75 Å². The zero-order chi connectivity index (χ0) is 47.5. The van der Waals surface area contributed by atoms with Crippen LogP contribution in [-0.2, 0) is 61.9 Å². The second-order valence-electron chi connectivity index (χ2n) is 17.5. The van der Waals surface area contributed by atoms with Crippen LogP contribution in [0.25, 0.3) is 6.08 Å². The topological polar surface area (TPSA) is 220 Å². The molecule has 66 heavy (non-hydrogen) atoms. The van der Waals surface area contributed by atoms with E-state index in [1.54, 1.807) is 61.7 Å². The molecule has 8 rings (SSSR count). The molecule has 10 atom stereocenters. The van der Waals surface area contributed by atoms with Crippen LogP contribution < -0.4 is 4.74 Å². The predicted molar refractivity (Wildman–Crippen MR) is 227 cm³/mol. The first-order valence-electron chi connectivity index (χ1n) is 21.1. The average Bonchev–Trinajstić information content (AvgIpc) is 3.93. The normalized spacial score (nSPS) is 31.5. The van der Waals surface area contributed by atoms with Crippen LogP contribution in [0.4, 0.5) is 4.79 Å². The lowest BCUT2D eigenvalue weighted by molar-refractivity contribution is -0.346. The van der Waals surface area contributed by atoms with Crippen LogP contribution in [0.3, 0.4) is 0 Å². The molecule has 2 saturated carbocycles. The van der Waals surface area contributed by atoms with Gasteiger partial charge in [0.2, 0.25) is 5.60 Å². The highest BCUT2D eigenvalue weighted by molar-refractivity contribution is 7.12. The molecule has 2 aliphatic heterocycles. The van der Waals surface area contributed by atoms with E-state index in [-0.39, 0.29) is 35.5 Å². The first kappa shape index (κ1) is 45.9. The largest absolute Gasteiger partial charge is 0.509 e. The van der Waals surface area contributed by atoms with Crippen LogP contribution >= 0.6 is 11.3 Å². The molecule has 2 bridgehead atoms. The standard InChI is InChI=1S/C48H46O17S/c1-24-35-37(59-26(3)50)39(53)46(7)32(61-34(52)20-17-28-15-18-30(19-16-28)60-43(55)31-14-11-21-66-31)22-33-47(23-57-33,64-27(4)51)38(46)41(62-42(54)29-12-9-8-10-13-29)48(45(35,5)6)40(63-44(56)65-48)36(24)58-25(2)49/h8-21,32-33,36-38,40-41H,22-23H2,1-7H3/b20-17+/t32-,33+,36+,37+,38-,40-,41-,46+,47-,48+/m0/s1. The van der Waals surface area contributed by atoms with Crippen molar-refractivity contribution in [1.29, 1.82) is 0 Å². The summed E-state index contributed by atoms with van der Waals surface area (Å²) in [5.41, 5.74) is -7.22. The lowest BCUT2D eigenvalue weighted by atomic mass is 9.44. The number of esters is 6. The van der Waals surface area contributed by atoms with Gasteiger partial charge in [0.15, 0.2) is 35.8 Å². The van der Waals surface area contributed by atoms with Crippen molar-refractivity contribution in [2.24, 2.45) is 16.7 Å². The number of thiophene rings is 1. The van der Waals surface area contributed by atoms with E-state index in [0.717, 1.165) is 26.8 Å². The third kappa shape index (κ3) is 7.45. The minimum atomic E-state index is -2.27. The number of carbonyl (C=O) groups is 8. The Morgan fingerprint density at radius 2 is 1.50 bits per heavy atom. The molecule has 4 fully saturated rings. The monoisotopic (exact) mass is 926 g/mol. The van der Waals surface area contributed by atoms with Gasteiger partial charge in [0, 0.05) is 38.7 Å². The maximum absolute atomic E-state index is 16.0. The number of hydrogen-bond donors (Lipinski definition) is 0. The number of ketones is 1. The Labute approximate surface area is 382 Å². The summed E-state index contributed by atoms with van der Waals surface area (Å²) in [4.78, 5) is 111. The number of carbonyl (C=O) groups excluding carboxylic acids is 8. The van der Waals surface area contributed by atoms with E-state index in [9.17, 15) is 33.6 Å². The summed E-state index contributed by atoms with van der Waals surface area (Å²) in [6.07, 6.45) is -8.39. The molecule has 5 aliphatic rings. The van der Waals surface area contributed by atoms with E-state index in [4.69, 9.17) is 42.6 Å². The molecule has 2 aromatic carbocycles. The van der Waals surface area contributed by atoms with Crippen molar-refractivity contribution in [3.05, 3.63) is 105 Å². The van der Waals surface area contributed by atoms with Gasteiger partial charge < -0.3 is 42.6 Å². The number of Topliss-reactive ketones (excluding diaryl/α,β-unsaturated/α-hetero) is 1. The lowest BCUT2D eigenvalue weighted by Gasteiger charge is -2.67. The summed E-state index contributed by atoms with van der Waals surface area (Å²) in [6, 6.07) is 17.4.